The predicted octanol–water partition coefficient (Wildman–Crippen LogP) is 6.93. The number of fused-ring (bicyclic) bond motifs is 2. The first-order valence-corrected chi connectivity index (χ1v) is 12.8. The van der Waals surface area contributed by atoms with Gasteiger partial charge in [0.25, 0.3) is 0 Å². The highest BCUT2D eigenvalue weighted by Crippen LogP contribution is 2.38. The Labute approximate surface area is 223 Å². The van der Waals surface area contributed by atoms with Gasteiger partial charge in [0.1, 0.15) is 46.7 Å². The second-order valence-electron chi connectivity index (χ2n) is 9.43. The number of hydrogen-bond acceptors (Lipinski definition) is 6. The van der Waals surface area contributed by atoms with Crippen LogP contribution in [0.2, 0.25) is 0 Å². The van der Waals surface area contributed by atoms with Crippen LogP contribution in [-0.2, 0) is 12.8 Å². The lowest BCUT2D eigenvalue weighted by Gasteiger charge is -2.26. The van der Waals surface area contributed by atoms with Crippen LogP contribution >= 0.6 is 0 Å². The van der Waals surface area contributed by atoms with Crippen molar-refractivity contribution in [3.63, 3.8) is 0 Å². The number of benzene rings is 4. The highest BCUT2D eigenvalue weighted by Gasteiger charge is 2.23. The van der Waals surface area contributed by atoms with E-state index < -0.39 is 0 Å². The quantitative estimate of drug-likeness (QED) is 0.309. The molecule has 0 radical (unpaired) electrons. The molecule has 0 fully saturated rings. The van der Waals surface area contributed by atoms with Crippen LogP contribution in [0.1, 0.15) is 47.3 Å². The molecule has 0 bridgehead atoms. The number of methoxy groups -OCH3 is 2. The van der Waals surface area contributed by atoms with E-state index in [4.69, 9.17) is 18.9 Å². The van der Waals surface area contributed by atoms with Crippen molar-refractivity contribution >= 4 is 0 Å². The summed E-state index contributed by atoms with van der Waals surface area (Å²) in [6, 6.07) is 26.5. The van der Waals surface area contributed by atoms with Crippen molar-refractivity contribution in [2.24, 2.45) is 0 Å². The molecule has 2 unspecified atom stereocenters. The maximum Gasteiger partial charge on any atom is 0.124 e. The number of hydrogen-bond donors (Lipinski definition) is 2. The van der Waals surface area contributed by atoms with Gasteiger partial charge in [-0.3, -0.25) is 0 Å². The molecule has 0 amide bonds. The van der Waals surface area contributed by atoms with Gasteiger partial charge in [0.05, 0.1) is 14.2 Å². The van der Waals surface area contributed by atoms with Crippen molar-refractivity contribution in [3.8, 4) is 34.5 Å². The minimum Gasteiger partial charge on any atom is -0.508 e. The third-order valence-corrected chi connectivity index (χ3v) is 6.91. The maximum absolute atomic E-state index is 9.47. The number of phenolic OH excluding ortho intramolecular Hbond substituents is 2. The molecule has 0 spiro atoms. The van der Waals surface area contributed by atoms with E-state index in [9.17, 15) is 10.2 Å². The summed E-state index contributed by atoms with van der Waals surface area (Å²) in [5.41, 5.74) is 4.38. The second-order valence-corrected chi connectivity index (χ2v) is 9.43. The fourth-order valence-electron chi connectivity index (χ4n) is 4.90. The standard InChI is InChI=1S/2C16H16O3/c2*1-18-14-4-2-3-11(10-14)15-7-5-12-9-13(17)6-8-16(12)19-15/h2*2-4,6,8-10,15,17H,5,7H2,1H3. The van der Waals surface area contributed by atoms with Crippen LogP contribution in [0, 0.1) is 0 Å². The highest BCUT2D eigenvalue weighted by atomic mass is 16.5. The number of ether oxygens (including phenoxy) is 4. The number of aryl methyl sites for hydroxylation is 2. The summed E-state index contributed by atoms with van der Waals surface area (Å²) in [6.45, 7) is 0. The molecule has 0 saturated carbocycles. The van der Waals surface area contributed by atoms with Gasteiger partial charge in [-0.2, -0.15) is 0 Å². The van der Waals surface area contributed by atoms with E-state index in [1.165, 1.54) is 0 Å². The third kappa shape index (κ3) is 5.80. The molecule has 4 aromatic carbocycles. The van der Waals surface area contributed by atoms with Crippen molar-refractivity contribution in [2.45, 2.75) is 37.9 Å². The minimum absolute atomic E-state index is 0.0483. The van der Waals surface area contributed by atoms with Crippen LogP contribution in [0.4, 0.5) is 0 Å². The summed E-state index contributed by atoms with van der Waals surface area (Å²) in [5, 5.41) is 18.9. The molecule has 0 aliphatic carbocycles. The van der Waals surface area contributed by atoms with Crippen LogP contribution in [0.3, 0.4) is 0 Å². The lowest BCUT2D eigenvalue weighted by Crippen LogP contribution is -2.15. The molecule has 2 N–H and O–H groups in total. The minimum atomic E-state index is 0.0483. The van der Waals surface area contributed by atoms with Gasteiger partial charge in [-0.05, 0) is 109 Å². The van der Waals surface area contributed by atoms with Gasteiger partial charge in [0.15, 0.2) is 0 Å². The number of phenols is 2. The van der Waals surface area contributed by atoms with Gasteiger partial charge in [-0.1, -0.05) is 24.3 Å². The van der Waals surface area contributed by atoms with E-state index in [0.29, 0.717) is 11.5 Å². The molecule has 38 heavy (non-hydrogen) atoms. The number of rotatable bonds is 4. The SMILES string of the molecule is COc1cccc(C2CCc3cc(O)ccc3O2)c1.COc1cccc(C2CCc3cc(O)ccc3O2)c1. The van der Waals surface area contributed by atoms with Crippen molar-refractivity contribution in [2.75, 3.05) is 14.2 Å². The maximum atomic E-state index is 9.47. The van der Waals surface area contributed by atoms with Gasteiger partial charge < -0.3 is 29.2 Å². The summed E-state index contributed by atoms with van der Waals surface area (Å²) in [4.78, 5) is 0. The molecular weight excluding hydrogens is 480 g/mol. The summed E-state index contributed by atoms with van der Waals surface area (Å²) < 4.78 is 22.5. The van der Waals surface area contributed by atoms with E-state index in [0.717, 1.165) is 70.9 Å². The van der Waals surface area contributed by atoms with Crippen molar-refractivity contribution in [1.82, 2.24) is 0 Å². The fraction of sp³-hybridized carbons (Fsp3) is 0.250. The molecule has 2 heterocycles. The Hall–Kier alpha value is -4.32. The topological polar surface area (TPSA) is 77.4 Å². The molecule has 6 heteroatoms. The zero-order valence-corrected chi connectivity index (χ0v) is 21.6. The first-order chi connectivity index (χ1) is 18.5. The Kier molecular flexibility index (Phi) is 7.59. The Morgan fingerprint density at radius 3 is 1.47 bits per heavy atom. The summed E-state index contributed by atoms with van der Waals surface area (Å²) in [5.74, 6) is 3.99. The molecule has 196 valence electrons. The van der Waals surface area contributed by atoms with Gasteiger partial charge in [-0.15, -0.1) is 0 Å². The Balaban J connectivity index is 0.000000155. The fourth-order valence-corrected chi connectivity index (χ4v) is 4.90. The molecule has 2 aliphatic heterocycles. The Morgan fingerprint density at radius 2 is 1.05 bits per heavy atom. The molecule has 6 rings (SSSR count). The summed E-state index contributed by atoms with van der Waals surface area (Å²) in [6.07, 6.45) is 3.73. The molecule has 0 saturated heterocycles. The zero-order valence-electron chi connectivity index (χ0n) is 21.6. The number of aromatic hydroxyl groups is 2. The molecule has 0 aromatic heterocycles. The zero-order chi connectivity index (χ0) is 26.5. The molecule has 4 aromatic rings. The van der Waals surface area contributed by atoms with E-state index in [2.05, 4.69) is 12.1 Å². The normalized spacial score (nSPS) is 17.4. The van der Waals surface area contributed by atoms with Crippen LogP contribution in [0.5, 0.6) is 34.5 Å². The highest BCUT2D eigenvalue weighted by molar-refractivity contribution is 5.43. The van der Waals surface area contributed by atoms with Crippen molar-refractivity contribution < 1.29 is 29.2 Å². The largest absolute Gasteiger partial charge is 0.508 e. The predicted molar refractivity (Wildman–Crippen MR) is 146 cm³/mol. The van der Waals surface area contributed by atoms with Gasteiger partial charge >= 0.3 is 0 Å². The first kappa shape index (κ1) is 25.3. The molecule has 6 nitrogen and oxygen atoms in total. The van der Waals surface area contributed by atoms with E-state index >= 15 is 0 Å². The van der Waals surface area contributed by atoms with Crippen LogP contribution in [-0.4, -0.2) is 24.4 Å². The van der Waals surface area contributed by atoms with Gasteiger partial charge in [0, 0.05) is 0 Å². The van der Waals surface area contributed by atoms with Crippen LogP contribution < -0.4 is 18.9 Å². The first-order valence-electron chi connectivity index (χ1n) is 12.8. The lowest BCUT2D eigenvalue weighted by atomic mass is 9.97. The monoisotopic (exact) mass is 512 g/mol. The smallest absolute Gasteiger partial charge is 0.124 e. The van der Waals surface area contributed by atoms with E-state index in [1.807, 2.05) is 48.5 Å². The third-order valence-electron chi connectivity index (χ3n) is 6.91. The average Bonchev–Trinajstić information content (AvgIpc) is 2.97. The second kappa shape index (κ2) is 11.4. The lowest BCUT2D eigenvalue weighted by molar-refractivity contribution is 0.176. The molecule has 2 atom stereocenters. The summed E-state index contributed by atoms with van der Waals surface area (Å²) >= 11 is 0. The van der Waals surface area contributed by atoms with E-state index in [-0.39, 0.29) is 12.2 Å². The summed E-state index contributed by atoms with van der Waals surface area (Å²) in [7, 11) is 3.33. The Bertz CT molecular complexity index is 1290. The van der Waals surface area contributed by atoms with Crippen LogP contribution in [0.25, 0.3) is 0 Å². The van der Waals surface area contributed by atoms with E-state index in [1.54, 1.807) is 38.5 Å². The van der Waals surface area contributed by atoms with Crippen LogP contribution in [0.15, 0.2) is 84.9 Å². The Morgan fingerprint density at radius 1 is 0.605 bits per heavy atom. The van der Waals surface area contributed by atoms with Gasteiger partial charge in [-0.25, -0.2) is 0 Å². The molecule has 2 aliphatic rings. The molecular formula is C32H32O6. The van der Waals surface area contributed by atoms with Crippen molar-refractivity contribution in [1.29, 1.82) is 0 Å². The van der Waals surface area contributed by atoms with Gasteiger partial charge in [0.2, 0.25) is 0 Å². The average molecular weight is 513 g/mol. The van der Waals surface area contributed by atoms with Crippen molar-refractivity contribution in [3.05, 3.63) is 107 Å².